The highest BCUT2D eigenvalue weighted by Gasteiger charge is 2.27. The van der Waals surface area contributed by atoms with E-state index >= 15 is 0 Å². The standard InChI is InChI=1S/C17H16FN5O2/c1-24-13-7-19-17(20-8-13)25-12-4-5-23(9-12)16-14-6-11(18)2-3-15(14)21-10-22-16/h2-3,6-8,10,12H,4-5,9H2,1H3. The Morgan fingerprint density at radius 3 is 2.80 bits per heavy atom. The van der Waals surface area contributed by atoms with Crippen LogP contribution in [0, 0.1) is 5.82 Å². The maximum absolute atomic E-state index is 13.6. The third-order valence-corrected chi connectivity index (χ3v) is 4.13. The highest BCUT2D eigenvalue weighted by Crippen LogP contribution is 2.27. The number of hydrogen-bond acceptors (Lipinski definition) is 7. The molecule has 4 rings (SSSR count). The van der Waals surface area contributed by atoms with Crippen molar-refractivity contribution in [3.63, 3.8) is 0 Å². The first-order valence-corrected chi connectivity index (χ1v) is 7.91. The van der Waals surface area contributed by atoms with E-state index in [-0.39, 0.29) is 11.9 Å². The molecule has 3 aromatic rings. The van der Waals surface area contributed by atoms with Gasteiger partial charge in [0.1, 0.15) is 24.1 Å². The summed E-state index contributed by atoms with van der Waals surface area (Å²) in [5, 5.41) is 0.698. The number of nitrogens with zero attached hydrogens (tertiary/aromatic N) is 5. The molecule has 8 heteroatoms. The van der Waals surface area contributed by atoms with Gasteiger partial charge in [0.25, 0.3) is 0 Å². The summed E-state index contributed by atoms with van der Waals surface area (Å²) in [6.07, 6.45) is 5.37. The van der Waals surface area contributed by atoms with E-state index in [1.807, 2.05) is 0 Å². The summed E-state index contributed by atoms with van der Waals surface area (Å²) in [5.74, 6) is 0.989. The second-order valence-electron chi connectivity index (χ2n) is 5.74. The quantitative estimate of drug-likeness (QED) is 0.720. The Hall–Kier alpha value is -3.03. The number of fused-ring (bicyclic) bond motifs is 1. The predicted molar refractivity (Wildman–Crippen MR) is 89.3 cm³/mol. The maximum Gasteiger partial charge on any atom is 0.316 e. The van der Waals surface area contributed by atoms with Gasteiger partial charge in [-0.15, -0.1) is 0 Å². The van der Waals surface area contributed by atoms with Gasteiger partial charge in [-0.3, -0.25) is 0 Å². The van der Waals surface area contributed by atoms with Crippen LogP contribution < -0.4 is 14.4 Å². The lowest BCUT2D eigenvalue weighted by atomic mass is 10.2. The van der Waals surface area contributed by atoms with Crippen molar-refractivity contribution in [1.29, 1.82) is 0 Å². The molecule has 0 saturated carbocycles. The van der Waals surface area contributed by atoms with Crippen molar-refractivity contribution >= 4 is 16.7 Å². The zero-order valence-corrected chi connectivity index (χ0v) is 13.6. The van der Waals surface area contributed by atoms with E-state index in [0.29, 0.717) is 35.0 Å². The normalized spacial score (nSPS) is 17.0. The van der Waals surface area contributed by atoms with Crippen LogP contribution in [0.5, 0.6) is 11.8 Å². The van der Waals surface area contributed by atoms with Gasteiger partial charge in [-0.05, 0) is 18.2 Å². The van der Waals surface area contributed by atoms with Gasteiger partial charge >= 0.3 is 6.01 Å². The predicted octanol–water partition coefficient (Wildman–Crippen LogP) is 2.23. The number of rotatable bonds is 4. The van der Waals surface area contributed by atoms with Crippen molar-refractivity contribution in [1.82, 2.24) is 19.9 Å². The highest BCUT2D eigenvalue weighted by atomic mass is 19.1. The molecule has 2 aromatic heterocycles. The van der Waals surface area contributed by atoms with Crippen LogP contribution >= 0.6 is 0 Å². The number of hydrogen-bond donors (Lipinski definition) is 0. The molecule has 0 amide bonds. The molecule has 0 aliphatic carbocycles. The van der Waals surface area contributed by atoms with Crippen molar-refractivity contribution in [3.05, 3.63) is 42.7 Å². The highest BCUT2D eigenvalue weighted by molar-refractivity contribution is 5.89. The van der Waals surface area contributed by atoms with Crippen molar-refractivity contribution in [2.24, 2.45) is 0 Å². The number of aromatic nitrogens is 4. The van der Waals surface area contributed by atoms with Crippen LogP contribution in [-0.4, -0.2) is 46.2 Å². The zero-order chi connectivity index (χ0) is 17.2. The smallest absolute Gasteiger partial charge is 0.316 e. The van der Waals surface area contributed by atoms with Gasteiger partial charge in [-0.25, -0.2) is 14.4 Å². The average Bonchev–Trinajstić information content (AvgIpc) is 3.10. The third-order valence-electron chi connectivity index (χ3n) is 4.13. The molecular weight excluding hydrogens is 325 g/mol. The Bertz CT molecular complexity index is 890. The van der Waals surface area contributed by atoms with E-state index in [1.165, 1.54) is 18.5 Å². The summed E-state index contributed by atoms with van der Waals surface area (Å²) >= 11 is 0. The Kier molecular flexibility index (Phi) is 4.01. The van der Waals surface area contributed by atoms with Gasteiger partial charge in [0, 0.05) is 18.4 Å². The van der Waals surface area contributed by atoms with Crippen molar-refractivity contribution in [2.45, 2.75) is 12.5 Å². The molecular formula is C17H16FN5O2. The van der Waals surface area contributed by atoms with E-state index in [1.54, 1.807) is 25.6 Å². The van der Waals surface area contributed by atoms with E-state index < -0.39 is 0 Å². The van der Waals surface area contributed by atoms with Crippen LogP contribution in [0.3, 0.4) is 0 Å². The van der Waals surface area contributed by atoms with Crippen LogP contribution in [0.1, 0.15) is 6.42 Å². The fourth-order valence-corrected chi connectivity index (χ4v) is 2.90. The Morgan fingerprint density at radius 2 is 2.00 bits per heavy atom. The van der Waals surface area contributed by atoms with Crippen molar-refractivity contribution in [3.8, 4) is 11.8 Å². The summed E-state index contributed by atoms with van der Waals surface area (Å²) < 4.78 is 24.5. The van der Waals surface area contributed by atoms with Crippen LogP contribution in [0.4, 0.5) is 10.2 Å². The molecule has 1 aliphatic rings. The summed E-state index contributed by atoms with van der Waals surface area (Å²) in [4.78, 5) is 18.8. The van der Waals surface area contributed by atoms with Gasteiger partial charge in [0.05, 0.1) is 31.6 Å². The first kappa shape index (κ1) is 15.5. The first-order valence-electron chi connectivity index (χ1n) is 7.91. The molecule has 1 aromatic carbocycles. The SMILES string of the molecule is COc1cnc(OC2CCN(c3ncnc4ccc(F)cc34)C2)nc1. The zero-order valence-electron chi connectivity index (χ0n) is 13.6. The van der Waals surface area contributed by atoms with Gasteiger partial charge < -0.3 is 14.4 Å². The fraction of sp³-hybridized carbons (Fsp3) is 0.294. The lowest BCUT2D eigenvalue weighted by molar-refractivity contribution is 0.205. The molecule has 7 nitrogen and oxygen atoms in total. The van der Waals surface area contributed by atoms with E-state index in [2.05, 4.69) is 24.8 Å². The molecule has 25 heavy (non-hydrogen) atoms. The number of halogens is 1. The molecule has 128 valence electrons. The number of methoxy groups -OCH3 is 1. The topological polar surface area (TPSA) is 73.3 Å². The van der Waals surface area contributed by atoms with E-state index in [9.17, 15) is 4.39 Å². The monoisotopic (exact) mass is 341 g/mol. The van der Waals surface area contributed by atoms with Crippen LogP contribution in [0.25, 0.3) is 10.9 Å². The minimum atomic E-state index is -0.304. The van der Waals surface area contributed by atoms with Crippen LogP contribution in [-0.2, 0) is 0 Å². The van der Waals surface area contributed by atoms with Crippen molar-refractivity contribution in [2.75, 3.05) is 25.1 Å². The van der Waals surface area contributed by atoms with Crippen molar-refractivity contribution < 1.29 is 13.9 Å². The molecule has 0 N–H and O–H groups in total. The number of ether oxygens (including phenoxy) is 2. The minimum Gasteiger partial charge on any atom is -0.494 e. The van der Waals surface area contributed by atoms with Gasteiger partial charge in [0.2, 0.25) is 0 Å². The second kappa shape index (κ2) is 6.46. The fourth-order valence-electron chi connectivity index (χ4n) is 2.90. The lowest BCUT2D eigenvalue weighted by Gasteiger charge is -2.19. The Labute approximate surface area is 143 Å². The van der Waals surface area contributed by atoms with Gasteiger partial charge in [-0.1, -0.05) is 0 Å². The molecule has 1 fully saturated rings. The average molecular weight is 341 g/mol. The van der Waals surface area contributed by atoms with Gasteiger partial charge in [-0.2, -0.15) is 9.97 Å². The van der Waals surface area contributed by atoms with Crippen LogP contribution in [0.2, 0.25) is 0 Å². The molecule has 1 unspecified atom stereocenters. The maximum atomic E-state index is 13.6. The summed E-state index contributed by atoms with van der Waals surface area (Å²) in [7, 11) is 1.56. The lowest BCUT2D eigenvalue weighted by Crippen LogP contribution is -2.26. The number of benzene rings is 1. The molecule has 0 radical (unpaired) electrons. The summed E-state index contributed by atoms with van der Waals surface area (Å²) in [6, 6.07) is 4.83. The molecule has 0 bridgehead atoms. The van der Waals surface area contributed by atoms with Gasteiger partial charge in [0.15, 0.2) is 5.75 Å². The molecule has 1 saturated heterocycles. The molecule has 1 atom stereocenters. The molecule has 1 aliphatic heterocycles. The molecule has 0 spiro atoms. The number of anilines is 1. The summed E-state index contributed by atoms with van der Waals surface area (Å²) in [6.45, 7) is 1.38. The Balaban J connectivity index is 1.51. The third kappa shape index (κ3) is 3.15. The first-order chi connectivity index (χ1) is 12.2. The summed E-state index contributed by atoms with van der Waals surface area (Å²) in [5.41, 5.74) is 0.717. The Morgan fingerprint density at radius 1 is 1.16 bits per heavy atom. The minimum absolute atomic E-state index is 0.0630. The van der Waals surface area contributed by atoms with E-state index in [0.717, 1.165) is 13.0 Å². The second-order valence-corrected chi connectivity index (χ2v) is 5.74. The molecule has 3 heterocycles. The largest absolute Gasteiger partial charge is 0.494 e. The van der Waals surface area contributed by atoms with Crippen LogP contribution in [0.15, 0.2) is 36.9 Å². The van der Waals surface area contributed by atoms with E-state index in [4.69, 9.17) is 9.47 Å².